The maximum Gasteiger partial charge on any atom is 0.311 e. The molecule has 1 aliphatic rings. The van der Waals surface area contributed by atoms with Crippen molar-refractivity contribution < 1.29 is 23.9 Å². The number of hydrogen-bond donors (Lipinski definition) is 1. The number of carbonyl (C=O) groups is 3. The van der Waals surface area contributed by atoms with Gasteiger partial charge in [0, 0.05) is 13.0 Å². The van der Waals surface area contributed by atoms with Gasteiger partial charge in [0.2, 0.25) is 5.91 Å². The molecule has 2 aromatic rings. The van der Waals surface area contributed by atoms with Gasteiger partial charge in [-0.2, -0.15) is 0 Å². The fourth-order valence-electron chi connectivity index (χ4n) is 3.36. The van der Waals surface area contributed by atoms with Crippen LogP contribution in [0.2, 0.25) is 0 Å². The second kappa shape index (κ2) is 9.23. The summed E-state index contributed by atoms with van der Waals surface area (Å²) in [5.74, 6) is -1.17. The van der Waals surface area contributed by atoms with Crippen LogP contribution in [-0.2, 0) is 19.1 Å². The summed E-state index contributed by atoms with van der Waals surface area (Å²) in [6, 6.07) is 16.5. The van der Waals surface area contributed by atoms with Crippen LogP contribution in [0.15, 0.2) is 54.6 Å². The van der Waals surface area contributed by atoms with Crippen molar-refractivity contribution in [3.63, 3.8) is 0 Å². The monoisotopic (exact) mass is 396 g/mol. The Morgan fingerprint density at radius 2 is 1.83 bits per heavy atom. The second-order valence-corrected chi connectivity index (χ2v) is 6.89. The molecule has 1 heterocycles. The number of amides is 2. The van der Waals surface area contributed by atoms with E-state index in [0.29, 0.717) is 11.4 Å². The molecule has 0 aromatic heterocycles. The van der Waals surface area contributed by atoms with E-state index in [9.17, 15) is 14.4 Å². The molecule has 152 valence electrons. The minimum absolute atomic E-state index is 0.0874. The number of ether oxygens (including phenoxy) is 2. The number of likely N-dealkylation sites (tertiary alicyclic amines) is 1. The number of methoxy groups -OCH3 is 1. The highest BCUT2D eigenvalue weighted by Crippen LogP contribution is 2.29. The molecule has 7 nitrogen and oxygen atoms in total. The molecule has 1 saturated heterocycles. The van der Waals surface area contributed by atoms with Gasteiger partial charge >= 0.3 is 5.97 Å². The van der Waals surface area contributed by atoms with Gasteiger partial charge in [-0.3, -0.25) is 14.4 Å². The number of para-hydroxylation sites is 2. The van der Waals surface area contributed by atoms with Crippen molar-refractivity contribution in [2.75, 3.05) is 25.6 Å². The Kier molecular flexibility index (Phi) is 6.49. The van der Waals surface area contributed by atoms with Crippen LogP contribution < -0.4 is 10.1 Å². The highest BCUT2D eigenvalue weighted by atomic mass is 16.5. The maximum atomic E-state index is 12.4. The number of hydrogen-bond acceptors (Lipinski definition) is 5. The summed E-state index contributed by atoms with van der Waals surface area (Å²) in [5.41, 5.74) is 1.50. The maximum absolute atomic E-state index is 12.4. The number of anilines is 1. The van der Waals surface area contributed by atoms with E-state index < -0.39 is 24.4 Å². The molecular weight excluding hydrogens is 372 g/mol. The molecule has 2 aromatic carbocycles. The van der Waals surface area contributed by atoms with E-state index in [2.05, 4.69) is 5.32 Å². The zero-order valence-corrected chi connectivity index (χ0v) is 16.5. The lowest BCUT2D eigenvalue weighted by molar-refractivity contribution is -0.151. The lowest BCUT2D eigenvalue weighted by atomic mass is 10.1. The van der Waals surface area contributed by atoms with E-state index >= 15 is 0 Å². The van der Waals surface area contributed by atoms with Gasteiger partial charge in [-0.25, -0.2) is 0 Å². The number of esters is 1. The van der Waals surface area contributed by atoms with Crippen LogP contribution in [0, 0.1) is 5.92 Å². The molecule has 3 rings (SSSR count). The topological polar surface area (TPSA) is 84.9 Å². The van der Waals surface area contributed by atoms with E-state index in [1.54, 1.807) is 29.2 Å². The highest BCUT2D eigenvalue weighted by molar-refractivity contribution is 5.94. The largest absolute Gasteiger partial charge is 0.495 e. The molecule has 0 aliphatic carbocycles. The predicted molar refractivity (Wildman–Crippen MR) is 107 cm³/mol. The zero-order valence-electron chi connectivity index (χ0n) is 16.5. The first-order valence-electron chi connectivity index (χ1n) is 9.43. The van der Waals surface area contributed by atoms with E-state index in [1.807, 2.05) is 37.3 Å². The van der Waals surface area contributed by atoms with Gasteiger partial charge in [0.1, 0.15) is 5.75 Å². The number of nitrogens with zero attached hydrogens (tertiary/aromatic N) is 1. The van der Waals surface area contributed by atoms with Crippen LogP contribution in [0.1, 0.15) is 24.9 Å². The van der Waals surface area contributed by atoms with Crippen molar-refractivity contribution in [2.45, 2.75) is 19.4 Å². The Bertz CT molecular complexity index is 884. The first-order chi connectivity index (χ1) is 14.0. The number of nitrogens with one attached hydrogen (secondary N) is 1. The summed E-state index contributed by atoms with van der Waals surface area (Å²) in [4.78, 5) is 38.5. The minimum Gasteiger partial charge on any atom is -0.495 e. The first kappa shape index (κ1) is 20.4. The number of rotatable bonds is 7. The molecule has 1 fully saturated rings. The van der Waals surface area contributed by atoms with Gasteiger partial charge < -0.3 is 19.7 Å². The third-order valence-electron chi connectivity index (χ3n) is 4.97. The van der Waals surface area contributed by atoms with Crippen molar-refractivity contribution in [3.05, 3.63) is 60.2 Å². The summed E-state index contributed by atoms with van der Waals surface area (Å²) in [7, 11) is 1.50. The minimum atomic E-state index is -0.576. The molecule has 1 aliphatic heterocycles. The summed E-state index contributed by atoms with van der Waals surface area (Å²) < 4.78 is 10.3. The Morgan fingerprint density at radius 1 is 1.14 bits per heavy atom. The van der Waals surface area contributed by atoms with E-state index in [1.165, 1.54) is 7.11 Å². The van der Waals surface area contributed by atoms with Crippen LogP contribution in [0.3, 0.4) is 0 Å². The van der Waals surface area contributed by atoms with Gasteiger partial charge in [0.05, 0.1) is 24.8 Å². The predicted octanol–water partition coefficient (Wildman–Crippen LogP) is 2.79. The summed E-state index contributed by atoms with van der Waals surface area (Å²) in [5, 5.41) is 2.65. The molecule has 1 N–H and O–H groups in total. The summed E-state index contributed by atoms with van der Waals surface area (Å²) in [6.07, 6.45) is 0.0874. The summed E-state index contributed by atoms with van der Waals surface area (Å²) >= 11 is 0. The smallest absolute Gasteiger partial charge is 0.311 e. The average Bonchev–Trinajstić information content (AvgIpc) is 3.14. The Labute approximate surface area is 169 Å². The fourth-order valence-corrected chi connectivity index (χ4v) is 3.36. The number of carbonyl (C=O) groups excluding carboxylic acids is 3. The molecule has 0 radical (unpaired) electrons. The van der Waals surface area contributed by atoms with E-state index in [-0.39, 0.29) is 24.9 Å². The third-order valence-corrected chi connectivity index (χ3v) is 4.97. The molecule has 2 atom stereocenters. The van der Waals surface area contributed by atoms with Crippen molar-refractivity contribution in [2.24, 2.45) is 5.92 Å². The molecule has 29 heavy (non-hydrogen) atoms. The van der Waals surface area contributed by atoms with Crippen molar-refractivity contribution in [1.29, 1.82) is 0 Å². The Hall–Kier alpha value is -3.35. The zero-order chi connectivity index (χ0) is 20.8. The van der Waals surface area contributed by atoms with E-state index in [0.717, 1.165) is 5.56 Å². The van der Waals surface area contributed by atoms with Gasteiger partial charge in [-0.1, -0.05) is 42.5 Å². The van der Waals surface area contributed by atoms with Gasteiger partial charge in [0.25, 0.3) is 5.91 Å². The molecule has 0 bridgehead atoms. The number of benzene rings is 2. The normalized spacial score (nSPS) is 17.0. The van der Waals surface area contributed by atoms with Crippen LogP contribution in [-0.4, -0.2) is 42.9 Å². The second-order valence-electron chi connectivity index (χ2n) is 6.89. The Morgan fingerprint density at radius 3 is 2.55 bits per heavy atom. The van der Waals surface area contributed by atoms with Crippen LogP contribution in [0.5, 0.6) is 5.75 Å². The van der Waals surface area contributed by atoms with Gasteiger partial charge in [0.15, 0.2) is 6.61 Å². The van der Waals surface area contributed by atoms with Crippen molar-refractivity contribution in [1.82, 2.24) is 4.90 Å². The van der Waals surface area contributed by atoms with Crippen LogP contribution in [0.25, 0.3) is 0 Å². The molecule has 7 heteroatoms. The standard InChI is InChI=1S/C22H24N2O5/c1-15(16-8-4-3-5-9-16)24-13-17(12-21(24)26)22(27)29-14-20(25)23-18-10-6-7-11-19(18)28-2/h3-11,15,17H,12-14H2,1-2H3,(H,23,25)/t15-,17-/m1/s1. The quantitative estimate of drug-likeness (QED) is 0.728. The van der Waals surface area contributed by atoms with Gasteiger partial charge in [-0.15, -0.1) is 0 Å². The molecular formula is C22H24N2O5. The fraction of sp³-hybridized carbons (Fsp3) is 0.318. The first-order valence-corrected chi connectivity index (χ1v) is 9.43. The van der Waals surface area contributed by atoms with Crippen LogP contribution in [0.4, 0.5) is 5.69 Å². The van der Waals surface area contributed by atoms with E-state index in [4.69, 9.17) is 9.47 Å². The molecule has 2 amide bonds. The third kappa shape index (κ3) is 4.93. The lowest BCUT2D eigenvalue weighted by Gasteiger charge is -2.25. The molecule has 0 saturated carbocycles. The van der Waals surface area contributed by atoms with Crippen molar-refractivity contribution in [3.8, 4) is 5.75 Å². The average molecular weight is 396 g/mol. The molecule has 0 unspecified atom stereocenters. The molecule has 0 spiro atoms. The highest BCUT2D eigenvalue weighted by Gasteiger charge is 2.38. The van der Waals surface area contributed by atoms with Gasteiger partial charge in [-0.05, 0) is 24.6 Å². The SMILES string of the molecule is COc1ccccc1NC(=O)COC(=O)[C@@H]1CC(=O)N([C@H](C)c2ccccc2)C1. The van der Waals surface area contributed by atoms with Crippen LogP contribution >= 0.6 is 0 Å². The Balaban J connectivity index is 1.52. The van der Waals surface area contributed by atoms with Crippen molar-refractivity contribution >= 4 is 23.5 Å². The lowest BCUT2D eigenvalue weighted by Crippen LogP contribution is -2.30. The summed E-state index contributed by atoms with van der Waals surface area (Å²) in [6.45, 7) is 1.79.